The highest BCUT2D eigenvalue weighted by Gasteiger charge is 2.59. The molecular formula is C22H18F3N5. The van der Waals surface area contributed by atoms with Gasteiger partial charge in [-0.3, -0.25) is 4.90 Å². The van der Waals surface area contributed by atoms with Crippen molar-refractivity contribution in [2.24, 2.45) is 17.1 Å². The van der Waals surface area contributed by atoms with Gasteiger partial charge in [-0.2, -0.15) is 29.0 Å². The molecule has 0 amide bonds. The van der Waals surface area contributed by atoms with Gasteiger partial charge in [0.25, 0.3) is 0 Å². The van der Waals surface area contributed by atoms with Crippen LogP contribution in [0.25, 0.3) is 0 Å². The van der Waals surface area contributed by atoms with E-state index < -0.39 is 29.0 Å². The highest BCUT2D eigenvalue weighted by atomic mass is 19.4. The smallest absolute Gasteiger partial charge is 0.399 e. The van der Waals surface area contributed by atoms with Crippen LogP contribution in [0.5, 0.6) is 0 Å². The Morgan fingerprint density at radius 3 is 2.40 bits per heavy atom. The highest BCUT2D eigenvalue weighted by molar-refractivity contribution is 5.61. The molecule has 30 heavy (non-hydrogen) atoms. The van der Waals surface area contributed by atoms with E-state index in [0.29, 0.717) is 12.0 Å². The van der Waals surface area contributed by atoms with Gasteiger partial charge in [0.15, 0.2) is 5.41 Å². The molecule has 2 heterocycles. The van der Waals surface area contributed by atoms with Crippen LogP contribution >= 0.6 is 0 Å². The van der Waals surface area contributed by atoms with Crippen LogP contribution < -0.4 is 5.73 Å². The summed E-state index contributed by atoms with van der Waals surface area (Å²) in [6.45, 7) is 0. The summed E-state index contributed by atoms with van der Waals surface area (Å²) in [6, 6.07) is 10.7. The maximum absolute atomic E-state index is 13.9. The molecule has 4 atom stereocenters. The topological polar surface area (TPSA) is 101 Å². The molecule has 0 aromatic heterocycles. The molecule has 1 fully saturated rings. The van der Waals surface area contributed by atoms with Gasteiger partial charge < -0.3 is 5.73 Å². The predicted octanol–water partition coefficient (Wildman–Crippen LogP) is 3.59. The fourth-order valence-corrected chi connectivity index (χ4v) is 5.46. The number of hydrogen-bond donors (Lipinski definition) is 1. The van der Waals surface area contributed by atoms with Crippen molar-refractivity contribution in [3.05, 3.63) is 58.3 Å². The minimum atomic E-state index is -4.66. The number of rotatable bonds is 1. The zero-order chi connectivity index (χ0) is 21.8. The molecule has 2 N–H and O–H groups in total. The number of nitrogens with zero attached hydrogens (tertiary/aromatic N) is 4. The molecular weight excluding hydrogens is 391 g/mol. The van der Waals surface area contributed by atoms with Crippen molar-refractivity contribution < 1.29 is 13.2 Å². The third-order valence-corrected chi connectivity index (χ3v) is 6.82. The summed E-state index contributed by atoms with van der Waals surface area (Å²) in [5, 5.41) is 29.9. The maximum Gasteiger partial charge on any atom is 0.416 e. The summed E-state index contributed by atoms with van der Waals surface area (Å²) >= 11 is 0. The van der Waals surface area contributed by atoms with Gasteiger partial charge in [-0.1, -0.05) is 24.3 Å². The standard InChI is InChI=1S/C22H18F3N5/c1-30-12-6-7-17(30)18-14(8-12)15(9-26)20(29)21(10-27,11-28)19(18)13-4-2-3-5-16(13)22(23,24)25/h2-5,8,12,17-19H,6-7,29H2,1H3/t12?,17?,18-,19-/m0/s1. The van der Waals surface area contributed by atoms with E-state index in [9.17, 15) is 29.0 Å². The van der Waals surface area contributed by atoms with Crippen LogP contribution in [0.3, 0.4) is 0 Å². The highest BCUT2D eigenvalue weighted by Crippen LogP contribution is 2.59. The number of nitrogens with two attached hydrogens (primary N) is 1. The fraction of sp³-hybridized carbons (Fsp3) is 0.409. The van der Waals surface area contributed by atoms with Crippen molar-refractivity contribution in [3.63, 3.8) is 0 Å². The number of alkyl halides is 3. The van der Waals surface area contributed by atoms with E-state index in [4.69, 9.17) is 5.73 Å². The molecule has 2 unspecified atom stereocenters. The number of likely N-dealkylation sites (N-methyl/N-ethyl adjacent to an activating group) is 1. The van der Waals surface area contributed by atoms with E-state index in [1.807, 2.05) is 31.3 Å². The first-order chi connectivity index (χ1) is 14.2. The molecule has 1 saturated heterocycles. The lowest BCUT2D eigenvalue weighted by atomic mass is 9.56. The molecule has 0 spiro atoms. The van der Waals surface area contributed by atoms with Crippen molar-refractivity contribution in [2.45, 2.75) is 37.0 Å². The first-order valence-electron chi connectivity index (χ1n) is 9.54. The van der Waals surface area contributed by atoms with Crippen LogP contribution in [0.1, 0.15) is 29.9 Å². The molecule has 1 aromatic rings. The van der Waals surface area contributed by atoms with E-state index >= 15 is 0 Å². The summed E-state index contributed by atoms with van der Waals surface area (Å²) in [5.74, 6) is -1.78. The Morgan fingerprint density at radius 1 is 1.13 bits per heavy atom. The monoisotopic (exact) mass is 409 g/mol. The number of halogens is 3. The first kappa shape index (κ1) is 20.0. The molecule has 3 aliphatic rings. The van der Waals surface area contributed by atoms with Crippen LogP contribution in [-0.2, 0) is 6.18 Å². The van der Waals surface area contributed by atoms with E-state index in [-0.39, 0.29) is 28.9 Å². The van der Waals surface area contributed by atoms with Crippen LogP contribution in [0, 0.1) is 45.3 Å². The van der Waals surface area contributed by atoms with Crippen LogP contribution in [0.4, 0.5) is 13.2 Å². The Bertz CT molecular complexity index is 1080. The van der Waals surface area contributed by atoms with Gasteiger partial charge in [-0.05, 0) is 37.1 Å². The maximum atomic E-state index is 13.9. The summed E-state index contributed by atoms with van der Waals surface area (Å²) in [7, 11) is 1.89. The van der Waals surface area contributed by atoms with Crippen molar-refractivity contribution in [1.29, 1.82) is 15.8 Å². The van der Waals surface area contributed by atoms with Gasteiger partial charge in [-0.25, -0.2) is 0 Å². The van der Waals surface area contributed by atoms with Gasteiger partial charge in [0.05, 0.1) is 29.0 Å². The average Bonchev–Trinajstić information content (AvgIpc) is 2.95. The molecule has 152 valence electrons. The second kappa shape index (κ2) is 6.62. The van der Waals surface area contributed by atoms with E-state index in [1.165, 1.54) is 18.2 Å². The van der Waals surface area contributed by atoms with Gasteiger partial charge >= 0.3 is 6.18 Å². The third-order valence-electron chi connectivity index (χ3n) is 6.82. The molecule has 8 heteroatoms. The average molecular weight is 409 g/mol. The molecule has 1 aliphatic carbocycles. The zero-order valence-electron chi connectivity index (χ0n) is 16.1. The number of allylic oxidation sites excluding steroid dienone is 2. The number of hydrogen-bond acceptors (Lipinski definition) is 5. The molecule has 0 saturated carbocycles. The van der Waals surface area contributed by atoms with Crippen LogP contribution in [-0.4, -0.2) is 24.0 Å². The molecule has 2 aliphatic heterocycles. The SMILES string of the molecule is CN1C2C=C3C(C#N)=C(N)C(C#N)(C#N)[C@@H](c4ccccc4C(F)(F)F)[C@@H]3C1CC2. The van der Waals surface area contributed by atoms with Gasteiger partial charge in [0, 0.05) is 23.9 Å². The third kappa shape index (κ3) is 2.49. The second-order valence-corrected chi connectivity index (χ2v) is 8.02. The normalized spacial score (nSPS) is 30.0. The van der Waals surface area contributed by atoms with Crippen molar-refractivity contribution >= 4 is 0 Å². The van der Waals surface area contributed by atoms with Crippen LogP contribution in [0.15, 0.2) is 47.2 Å². The minimum Gasteiger partial charge on any atom is -0.399 e. The van der Waals surface area contributed by atoms with Crippen LogP contribution in [0.2, 0.25) is 0 Å². The van der Waals surface area contributed by atoms with Crippen molar-refractivity contribution in [3.8, 4) is 18.2 Å². The van der Waals surface area contributed by atoms with Gasteiger partial charge in [0.2, 0.25) is 0 Å². The molecule has 4 rings (SSSR count). The van der Waals surface area contributed by atoms with Crippen molar-refractivity contribution in [1.82, 2.24) is 4.90 Å². The van der Waals surface area contributed by atoms with E-state index in [0.717, 1.165) is 12.5 Å². The lowest BCUT2D eigenvalue weighted by molar-refractivity contribution is -0.138. The van der Waals surface area contributed by atoms with Gasteiger partial charge in [0.1, 0.15) is 6.07 Å². The first-order valence-corrected chi connectivity index (χ1v) is 9.54. The summed E-state index contributed by atoms with van der Waals surface area (Å²) in [6.07, 6.45) is -1.30. The number of fused-ring (bicyclic) bond motifs is 4. The van der Waals surface area contributed by atoms with Crippen molar-refractivity contribution in [2.75, 3.05) is 7.05 Å². The zero-order valence-corrected chi connectivity index (χ0v) is 16.1. The molecule has 5 nitrogen and oxygen atoms in total. The number of benzene rings is 1. The molecule has 2 bridgehead atoms. The van der Waals surface area contributed by atoms with E-state index in [2.05, 4.69) is 4.90 Å². The summed E-state index contributed by atoms with van der Waals surface area (Å²) in [4.78, 5) is 2.06. The molecule has 1 aromatic carbocycles. The Kier molecular flexibility index (Phi) is 4.42. The number of nitriles is 3. The van der Waals surface area contributed by atoms with Gasteiger partial charge in [-0.15, -0.1) is 0 Å². The predicted molar refractivity (Wildman–Crippen MR) is 101 cm³/mol. The van der Waals surface area contributed by atoms with E-state index in [1.54, 1.807) is 0 Å². The second-order valence-electron chi connectivity index (χ2n) is 8.02. The molecule has 0 radical (unpaired) electrons. The lowest BCUT2D eigenvalue weighted by Crippen LogP contribution is -2.51. The summed E-state index contributed by atoms with van der Waals surface area (Å²) in [5.41, 5.74) is 3.45. The Morgan fingerprint density at radius 2 is 1.80 bits per heavy atom. The summed E-state index contributed by atoms with van der Waals surface area (Å²) < 4.78 is 41.7. The fourth-order valence-electron chi connectivity index (χ4n) is 5.46. The lowest BCUT2D eigenvalue weighted by Gasteiger charge is -2.48. The largest absolute Gasteiger partial charge is 0.416 e. The Labute approximate surface area is 172 Å². The Balaban J connectivity index is 2.09. The minimum absolute atomic E-state index is 0.0487. The quantitative estimate of drug-likeness (QED) is 0.764. The Hall–Kier alpha value is -3.28.